The van der Waals surface area contributed by atoms with Crippen LogP contribution in [0, 0.1) is 19.8 Å². The minimum Gasteiger partial charge on any atom is -0.368 e. The van der Waals surface area contributed by atoms with E-state index >= 15 is 0 Å². The van der Waals surface area contributed by atoms with Gasteiger partial charge in [-0.1, -0.05) is 16.8 Å². The first-order chi connectivity index (χ1) is 15.3. The molecule has 1 aromatic carbocycles. The molecule has 0 saturated carbocycles. The van der Waals surface area contributed by atoms with E-state index in [1.54, 1.807) is 19.9 Å². The molecule has 2 saturated heterocycles. The van der Waals surface area contributed by atoms with Gasteiger partial charge in [-0.15, -0.1) is 0 Å². The Hall–Kier alpha value is -1.75. The maximum Gasteiger partial charge on any atom is 0.248 e. The van der Waals surface area contributed by atoms with Crippen molar-refractivity contribution in [2.75, 3.05) is 47.9 Å². The van der Waals surface area contributed by atoms with Crippen LogP contribution in [-0.2, 0) is 14.8 Å². The summed E-state index contributed by atoms with van der Waals surface area (Å²) in [5.74, 6) is 1.68. The molecular formula is C21H27ClN4O4S2. The second-order valence-corrected chi connectivity index (χ2v) is 11.6. The molecule has 0 aliphatic carbocycles. The van der Waals surface area contributed by atoms with Gasteiger partial charge in [0.2, 0.25) is 15.9 Å². The maximum atomic E-state index is 13.2. The van der Waals surface area contributed by atoms with E-state index in [0.717, 1.165) is 30.3 Å². The Morgan fingerprint density at radius 2 is 2.00 bits per heavy atom. The summed E-state index contributed by atoms with van der Waals surface area (Å²) in [4.78, 5) is 15.5. The first-order valence-electron chi connectivity index (χ1n) is 10.6. The molecule has 2 fully saturated rings. The number of thioether (sulfide) groups is 1. The summed E-state index contributed by atoms with van der Waals surface area (Å²) in [7, 11) is -3.79. The molecule has 174 valence electrons. The lowest BCUT2D eigenvalue weighted by Crippen LogP contribution is -2.44. The average Bonchev–Trinajstić information content (AvgIpc) is 3.13. The predicted octanol–water partition coefficient (Wildman–Crippen LogP) is 3.54. The quantitative estimate of drug-likeness (QED) is 0.673. The molecule has 11 heteroatoms. The molecule has 1 aromatic heterocycles. The van der Waals surface area contributed by atoms with Crippen molar-refractivity contribution in [2.45, 2.75) is 31.6 Å². The third-order valence-corrected chi connectivity index (χ3v) is 9.18. The first kappa shape index (κ1) is 23.4. The van der Waals surface area contributed by atoms with Crippen LogP contribution >= 0.6 is 23.4 Å². The Balaban J connectivity index is 1.52. The zero-order valence-electron chi connectivity index (χ0n) is 18.1. The van der Waals surface area contributed by atoms with E-state index in [4.69, 9.17) is 16.1 Å². The topological polar surface area (TPSA) is 95.8 Å². The molecule has 0 unspecified atom stereocenters. The Bertz CT molecular complexity index is 1080. The third-order valence-electron chi connectivity index (χ3n) is 5.89. The fraction of sp³-hybridized carbons (Fsp3) is 0.524. The second-order valence-electron chi connectivity index (χ2n) is 8.11. The number of carbonyl (C=O) groups is 1. The largest absolute Gasteiger partial charge is 0.368 e. The molecule has 3 heterocycles. The molecule has 0 spiro atoms. The highest BCUT2D eigenvalue weighted by molar-refractivity contribution is 7.99. The van der Waals surface area contributed by atoms with Gasteiger partial charge in [-0.2, -0.15) is 16.1 Å². The smallest absolute Gasteiger partial charge is 0.248 e. The highest BCUT2D eigenvalue weighted by Crippen LogP contribution is 2.33. The second kappa shape index (κ2) is 9.62. The molecule has 0 bridgehead atoms. The van der Waals surface area contributed by atoms with Crippen molar-refractivity contribution in [1.82, 2.24) is 9.46 Å². The minimum atomic E-state index is -3.79. The van der Waals surface area contributed by atoms with E-state index in [1.807, 2.05) is 23.9 Å². The van der Waals surface area contributed by atoms with Crippen molar-refractivity contribution in [1.29, 1.82) is 0 Å². The SMILES string of the molecule is Cc1noc(C)c1S(=O)(=O)N1CCC[C@@H](C(=O)Nc2cc(Cl)ccc2N2CCSCC2)C1. The van der Waals surface area contributed by atoms with E-state index in [2.05, 4.69) is 15.4 Å². The number of rotatable bonds is 5. The van der Waals surface area contributed by atoms with Crippen molar-refractivity contribution < 1.29 is 17.7 Å². The minimum absolute atomic E-state index is 0.0960. The number of aromatic nitrogens is 1. The van der Waals surface area contributed by atoms with E-state index in [-0.39, 0.29) is 23.1 Å². The molecule has 1 amide bonds. The lowest BCUT2D eigenvalue weighted by atomic mass is 9.98. The predicted molar refractivity (Wildman–Crippen MR) is 127 cm³/mol. The molecule has 2 aliphatic heterocycles. The monoisotopic (exact) mass is 498 g/mol. The number of nitrogens with zero attached hydrogens (tertiary/aromatic N) is 3. The average molecular weight is 499 g/mol. The highest BCUT2D eigenvalue weighted by Gasteiger charge is 2.36. The van der Waals surface area contributed by atoms with Crippen molar-refractivity contribution in [3.8, 4) is 0 Å². The molecule has 2 aliphatic rings. The summed E-state index contributed by atoms with van der Waals surface area (Å²) < 4.78 is 32.8. The number of hydrogen-bond acceptors (Lipinski definition) is 7. The van der Waals surface area contributed by atoms with E-state index in [1.165, 1.54) is 4.31 Å². The van der Waals surface area contributed by atoms with Gasteiger partial charge in [0.25, 0.3) is 0 Å². The van der Waals surface area contributed by atoms with Gasteiger partial charge in [-0.3, -0.25) is 4.79 Å². The van der Waals surface area contributed by atoms with Crippen LogP contribution in [-0.4, -0.2) is 61.5 Å². The summed E-state index contributed by atoms with van der Waals surface area (Å²) in [5.41, 5.74) is 1.94. The lowest BCUT2D eigenvalue weighted by Gasteiger charge is -2.32. The van der Waals surface area contributed by atoms with Gasteiger partial charge >= 0.3 is 0 Å². The summed E-state index contributed by atoms with van der Waals surface area (Å²) in [6.07, 6.45) is 1.22. The molecule has 4 rings (SSSR count). The molecule has 32 heavy (non-hydrogen) atoms. The number of benzene rings is 1. The van der Waals surface area contributed by atoms with E-state index < -0.39 is 15.9 Å². The summed E-state index contributed by atoms with van der Waals surface area (Å²) in [6.45, 7) is 5.49. The van der Waals surface area contributed by atoms with Gasteiger partial charge in [-0.05, 0) is 44.9 Å². The van der Waals surface area contributed by atoms with Gasteiger partial charge in [0.05, 0.1) is 17.3 Å². The number of anilines is 2. The Morgan fingerprint density at radius 1 is 1.25 bits per heavy atom. The molecular weight excluding hydrogens is 472 g/mol. The number of sulfonamides is 1. The van der Waals surface area contributed by atoms with Crippen LogP contribution < -0.4 is 10.2 Å². The molecule has 8 nitrogen and oxygen atoms in total. The fourth-order valence-electron chi connectivity index (χ4n) is 4.27. The van der Waals surface area contributed by atoms with E-state index in [9.17, 15) is 13.2 Å². The van der Waals surface area contributed by atoms with E-state index in [0.29, 0.717) is 35.8 Å². The van der Waals surface area contributed by atoms with Gasteiger partial charge in [0, 0.05) is 42.7 Å². The van der Waals surface area contributed by atoms with Crippen LogP contribution in [0.3, 0.4) is 0 Å². The van der Waals surface area contributed by atoms with Crippen LogP contribution in [0.1, 0.15) is 24.3 Å². The van der Waals surface area contributed by atoms with Crippen molar-refractivity contribution >= 4 is 50.7 Å². The summed E-state index contributed by atoms with van der Waals surface area (Å²) >= 11 is 8.13. The zero-order valence-corrected chi connectivity index (χ0v) is 20.5. The summed E-state index contributed by atoms with van der Waals surface area (Å²) in [5, 5.41) is 7.34. The number of halogens is 1. The molecule has 0 radical (unpaired) electrons. The van der Waals surface area contributed by atoms with Crippen molar-refractivity contribution in [3.05, 3.63) is 34.7 Å². The third kappa shape index (κ3) is 4.78. The van der Waals surface area contributed by atoms with Crippen molar-refractivity contribution in [2.24, 2.45) is 5.92 Å². The summed E-state index contributed by atoms with van der Waals surface area (Å²) in [6, 6.07) is 5.52. The number of piperidine rings is 1. The van der Waals surface area contributed by atoms with Gasteiger partial charge < -0.3 is 14.7 Å². The maximum absolute atomic E-state index is 13.2. The standard InChI is InChI=1S/C21H27ClN4O4S2/c1-14-20(15(2)30-24-14)32(28,29)26-7-3-4-16(13-26)21(27)23-18-12-17(22)5-6-19(18)25-8-10-31-11-9-25/h5-6,12,16H,3-4,7-11,13H2,1-2H3,(H,23,27)/t16-/m1/s1. The van der Waals surface area contributed by atoms with Crippen LogP contribution in [0.2, 0.25) is 5.02 Å². The van der Waals surface area contributed by atoms with Crippen LogP contribution in [0.25, 0.3) is 0 Å². The number of nitrogens with one attached hydrogen (secondary N) is 1. The Kier molecular flexibility index (Phi) is 7.04. The van der Waals surface area contributed by atoms with Crippen molar-refractivity contribution in [3.63, 3.8) is 0 Å². The highest BCUT2D eigenvalue weighted by atomic mass is 35.5. The number of aryl methyl sites for hydroxylation is 2. The van der Waals surface area contributed by atoms with Gasteiger partial charge in [0.1, 0.15) is 10.6 Å². The molecule has 1 atom stereocenters. The fourth-order valence-corrected chi connectivity index (χ4v) is 7.16. The van der Waals surface area contributed by atoms with Crippen LogP contribution in [0.15, 0.2) is 27.6 Å². The Labute approximate surface area is 197 Å². The number of amides is 1. The number of carbonyl (C=O) groups excluding carboxylic acids is 1. The molecule has 2 aromatic rings. The first-order valence-corrected chi connectivity index (χ1v) is 13.6. The van der Waals surface area contributed by atoms with Crippen LogP contribution in [0.4, 0.5) is 11.4 Å². The van der Waals surface area contributed by atoms with Gasteiger partial charge in [-0.25, -0.2) is 8.42 Å². The lowest BCUT2D eigenvalue weighted by molar-refractivity contribution is -0.120. The van der Waals surface area contributed by atoms with Gasteiger partial charge in [0.15, 0.2) is 5.76 Å². The zero-order chi connectivity index (χ0) is 22.9. The van der Waals surface area contributed by atoms with Crippen LogP contribution in [0.5, 0.6) is 0 Å². The normalized spacial score (nSPS) is 20.3. The number of hydrogen-bond donors (Lipinski definition) is 1. The Morgan fingerprint density at radius 3 is 2.69 bits per heavy atom. The molecule has 1 N–H and O–H groups in total.